The number of nitrogens with zero attached hydrogens (tertiary/aromatic N) is 4. The number of fused-ring (bicyclic) bond motifs is 3. The molecule has 5 fully saturated rings. The summed E-state index contributed by atoms with van der Waals surface area (Å²) in [6, 6.07) is 10.2. The Morgan fingerprint density at radius 3 is 2.15 bits per heavy atom. The number of carbonyl (C=O) groups is 10. The maximum absolute atomic E-state index is 14.8. The SMILES string of the molecule is CC(C)C[C@H](CC(=O)[C@@H](NC(=O)OC1COC2OCCC12)C(C)C)C(=O)N[C@@H](CCC1CCNC1=O)C(=O)c1nc2cc(N3CC[C@@H](C[C@H](NC(=O)[C@H](CC(C)C)NC(=O)[C@@H](NC(=O)OCc4cccnc4)C4CCOC4)C(=O)c4nc5ccccc5s4)C3=O)ccc2s1. The molecule has 25 nitrogen and oxygen atoms in total. The Morgan fingerprint density at radius 1 is 0.713 bits per heavy atom. The van der Waals surface area contributed by atoms with Crippen molar-refractivity contribution < 1.29 is 71.6 Å². The topological polar surface area (TPSA) is 331 Å². The van der Waals surface area contributed by atoms with Crippen LogP contribution in [0, 0.1) is 47.3 Å². The summed E-state index contributed by atoms with van der Waals surface area (Å²) in [5, 5.41) is 17.2. The van der Waals surface area contributed by atoms with Crippen molar-refractivity contribution in [2.75, 3.05) is 44.4 Å². The van der Waals surface area contributed by atoms with Crippen LogP contribution in [0.2, 0.25) is 0 Å². The van der Waals surface area contributed by atoms with Gasteiger partial charge in [0.25, 0.3) is 0 Å². The number of carbonyl (C=O) groups excluding carboxylic acids is 10. The minimum atomic E-state index is -1.27. The van der Waals surface area contributed by atoms with Crippen molar-refractivity contribution >= 4 is 108 Å². The molecule has 0 aliphatic carbocycles. The van der Waals surface area contributed by atoms with Crippen LogP contribution in [0.15, 0.2) is 67.0 Å². The van der Waals surface area contributed by atoms with E-state index in [0.29, 0.717) is 85.3 Å². The van der Waals surface area contributed by atoms with E-state index in [9.17, 15) is 47.9 Å². The number of Topliss-reactive ketones (excluding diaryl/α,β-unsaturated/α-hetero) is 3. The Morgan fingerprint density at radius 2 is 1.45 bits per heavy atom. The lowest BCUT2D eigenvalue weighted by Gasteiger charge is -2.28. The summed E-state index contributed by atoms with van der Waals surface area (Å²) >= 11 is 2.27. The number of benzene rings is 2. The smallest absolute Gasteiger partial charge is 0.408 e. The molecular weight excluding hydrogens is 1250 g/mol. The summed E-state index contributed by atoms with van der Waals surface area (Å²) in [6.07, 6.45) is 3.07. The molecule has 2 aromatic carbocycles. The molecule has 6 N–H and O–H groups in total. The summed E-state index contributed by atoms with van der Waals surface area (Å²) in [5.41, 5.74) is 2.11. The van der Waals surface area contributed by atoms with Gasteiger partial charge in [0.05, 0.1) is 64.3 Å². The third-order valence-electron chi connectivity index (χ3n) is 18.0. The van der Waals surface area contributed by atoms with Crippen molar-refractivity contribution in [1.29, 1.82) is 0 Å². The van der Waals surface area contributed by atoms with E-state index in [2.05, 4.69) is 41.9 Å². The highest BCUT2D eigenvalue weighted by atomic mass is 32.1. The first-order chi connectivity index (χ1) is 45.2. The van der Waals surface area contributed by atoms with E-state index in [-0.39, 0.29) is 109 Å². The average molecular weight is 1330 g/mol. The number of para-hydroxylation sites is 1. The van der Waals surface area contributed by atoms with Crippen LogP contribution in [0.5, 0.6) is 0 Å². The van der Waals surface area contributed by atoms with E-state index in [1.807, 2.05) is 39.8 Å². The highest BCUT2D eigenvalue weighted by molar-refractivity contribution is 7.20. The summed E-state index contributed by atoms with van der Waals surface area (Å²) < 4.78 is 29.3. The van der Waals surface area contributed by atoms with Gasteiger partial charge < -0.3 is 60.5 Å². The van der Waals surface area contributed by atoms with Crippen molar-refractivity contribution in [1.82, 2.24) is 46.9 Å². The Balaban J connectivity index is 0.831. The predicted molar refractivity (Wildman–Crippen MR) is 347 cm³/mol. The molecule has 94 heavy (non-hydrogen) atoms. The summed E-state index contributed by atoms with van der Waals surface area (Å²) in [5.74, 6) is -6.77. The molecule has 8 heterocycles. The van der Waals surface area contributed by atoms with E-state index in [4.69, 9.17) is 28.7 Å². The van der Waals surface area contributed by atoms with Crippen LogP contribution in [-0.4, -0.2) is 156 Å². The Labute approximate surface area is 553 Å². The van der Waals surface area contributed by atoms with Gasteiger partial charge in [-0.15, -0.1) is 22.7 Å². The van der Waals surface area contributed by atoms with Crippen LogP contribution >= 0.6 is 22.7 Å². The molecule has 12 atom stereocenters. The zero-order valence-electron chi connectivity index (χ0n) is 53.8. The number of ether oxygens (including phenoxy) is 5. The zero-order valence-corrected chi connectivity index (χ0v) is 55.4. The molecule has 10 rings (SSSR count). The summed E-state index contributed by atoms with van der Waals surface area (Å²) in [4.78, 5) is 156. The Bertz CT molecular complexity index is 3540. The molecular formula is C67H84N10O15S2. The van der Waals surface area contributed by atoms with Crippen molar-refractivity contribution in [3.8, 4) is 0 Å². The molecule has 5 unspecified atom stereocenters. The molecule has 0 saturated carbocycles. The van der Waals surface area contributed by atoms with Gasteiger partial charge in [-0.05, 0) is 112 Å². The van der Waals surface area contributed by atoms with E-state index in [1.165, 1.54) is 0 Å². The number of pyridine rings is 1. The predicted octanol–water partition coefficient (Wildman–Crippen LogP) is 6.99. The number of amides is 7. The molecule has 0 radical (unpaired) electrons. The fraction of sp³-hybridized carbons (Fsp3) is 0.567. The number of hydrogen-bond acceptors (Lipinski definition) is 20. The number of aromatic nitrogens is 3. The minimum absolute atomic E-state index is 0.0379. The third kappa shape index (κ3) is 17.3. The first kappa shape index (κ1) is 69.0. The first-order valence-corrected chi connectivity index (χ1v) is 34.3. The lowest BCUT2D eigenvalue weighted by atomic mass is 9.87. The molecule has 5 aliphatic heterocycles. The number of ketones is 3. The summed E-state index contributed by atoms with van der Waals surface area (Å²) in [7, 11) is 0. The highest BCUT2D eigenvalue weighted by Gasteiger charge is 2.45. The highest BCUT2D eigenvalue weighted by Crippen LogP contribution is 2.36. The van der Waals surface area contributed by atoms with Crippen LogP contribution in [0.25, 0.3) is 20.4 Å². The van der Waals surface area contributed by atoms with Crippen molar-refractivity contribution in [2.45, 2.75) is 155 Å². The number of rotatable bonds is 30. The van der Waals surface area contributed by atoms with Crippen LogP contribution in [-0.2, 0) is 59.1 Å². The number of nitrogens with one attached hydrogen (secondary N) is 6. The normalized spacial score (nSPS) is 22.2. The van der Waals surface area contributed by atoms with Gasteiger partial charge in [-0.3, -0.25) is 43.3 Å². The standard InChI is InChI=1S/C67H84N10O15S2/c1-35(2)26-42(29-50(78)54(37(5)6)75-67(87)92-51-34-90-65-44(51)20-25-89-65)59(82)70-46(15-13-39-17-22-69-58(39)81)56(79)62-74-47-30-43(14-16-53(47)94-62)77-23-18-40(64(77)85)28-48(57(80)63-73-45-11-7-8-12-52(45)93-63)71-60(83)49(27-36(3)4)72-61(84)55(41-19-24-88-33-41)76-66(86)91-32-38-10-9-21-68-31-38/h7-12,14,16,21,30-31,35-37,39-42,44,46,48-49,51,54-55,65H,13,15,17-20,22-29,32-34H2,1-6H3,(H,69,81)(H,70,82)(H,71,83)(H,72,84)(H,75,87)(H,76,86)/t39?,40-,41?,42+,44?,46-,48-,49-,51?,54-,55-,65?/m0/s1. The van der Waals surface area contributed by atoms with Crippen LogP contribution in [0.3, 0.4) is 0 Å². The molecule has 5 aliphatic rings. The molecule has 504 valence electrons. The number of alkyl carbamates (subject to hydrolysis) is 2. The monoisotopic (exact) mass is 1330 g/mol. The fourth-order valence-electron chi connectivity index (χ4n) is 13.0. The van der Waals surface area contributed by atoms with Gasteiger partial charge in [0.1, 0.15) is 24.8 Å². The van der Waals surface area contributed by atoms with Crippen LogP contribution in [0.4, 0.5) is 15.3 Å². The Hall–Kier alpha value is -7.85. The quantitative estimate of drug-likeness (QED) is 0.0252. The van der Waals surface area contributed by atoms with E-state index in [1.54, 1.807) is 73.6 Å². The van der Waals surface area contributed by atoms with Crippen LogP contribution in [0.1, 0.15) is 131 Å². The maximum atomic E-state index is 14.8. The van der Waals surface area contributed by atoms with Crippen LogP contribution < -0.4 is 36.8 Å². The van der Waals surface area contributed by atoms with E-state index < -0.39 is 102 Å². The summed E-state index contributed by atoms with van der Waals surface area (Å²) in [6.45, 7) is 13.1. The lowest BCUT2D eigenvalue weighted by molar-refractivity contribution is -0.131. The first-order valence-electron chi connectivity index (χ1n) is 32.6. The second-order valence-electron chi connectivity index (χ2n) is 26.3. The molecule has 27 heteroatoms. The second-order valence-corrected chi connectivity index (χ2v) is 28.3. The second kappa shape index (κ2) is 31.6. The van der Waals surface area contributed by atoms with Crippen molar-refractivity contribution in [3.05, 3.63) is 82.6 Å². The van der Waals surface area contributed by atoms with E-state index in [0.717, 1.165) is 27.4 Å². The molecule has 0 spiro atoms. The Kier molecular flexibility index (Phi) is 23.2. The van der Waals surface area contributed by atoms with Gasteiger partial charge in [0, 0.05) is 73.4 Å². The van der Waals surface area contributed by atoms with Gasteiger partial charge in [0.2, 0.25) is 41.1 Å². The number of hydrogen-bond donors (Lipinski definition) is 6. The third-order valence-corrected chi connectivity index (χ3v) is 20.1. The van der Waals surface area contributed by atoms with Gasteiger partial charge in [-0.2, -0.15) is 0 Å². The molecule has 3 aromatic heterocycles. The maximum Gasteiger partial charge on any atom is 0.408 e. The van der Waals surface area contributed by atoms with Gasteiger partial charge in [-0.25, -0.2) is 19.6 Å². The average Bonchev–Trinajstić information content (AvgIpc) is 1.96. The fourth-order valence-corrected chi connectivity index (χ4v) is 14.9. The van der Waals surface area contributed by atoms with Gasteiger partial charge in [0.15, 0.2) is 22.1 Å². The minimum Gasteiger partial charge on any atom is -0.445 e. The number of thiazole rings is 2. The lowest BCUT2D eigenvalue weighted by Crippen LogP contribution is -2.58. The van der Waals surface area contributed by atoms with Gasteiger partial charge >= 0.3 is 12.2 Å². The number of anilines is 1. The largest absolute Gasteiger partial charge is 0.445 e. The van der Waals surface area contributed by atoms with Crippen molar-refractivity contribution in [2.24, 2.45) is 47.3 Å². The van der Waals surface area contributed by atoms with E-state index >= 15 is 0 Å². The molecule has 5 aromatic rings. The van der Waals surface area contributed by atoms with Crippen molar-refractivity contribution in [3.63, 3.8) is 0 Å². The molecule has 5 saturated heterocycles. The zero-order chi connectivity index (χ0) is 66.7. The molecule has 0 bridgehead atoms. The van der Waals surface area contributed by atoms with Gasteiger partial charge in [-0.1, -0.05) is 59.7 Å². The molecule has 7 amide bonds.